The molecule has 2 aromatic carbocycles. The van der Waals surface area contributed by atoms with E-state index in [1.165, 1.54) is 12.1 Å². The first-order valence-corrected chi connectivity index (χ1v) is 10.5. The van der Waals surface area contributed by atoms with E-state index in [0.717, 1.165) is 5.56 Å². The van der Waals surface area contributed by atoms with E-state index in [4.69, 9.17) is 14.2 Å². The Bertz CT molecular complexity index is 1210. The number of carbonyl (C=O) groups excluding carboxylic acids is 5. The Morgan fingerprint density at radius 3 is 2.33 bits per heavy atom. The van der Waals surface area contributed by atoms with Crippen molar-refractivity contribution in [2.75, 3.05) is 0 Å². The molecule has 33 heavy (non-hydrogen) atoms. The number of esters is 5. The van der Waals surface area contributed by atoms with Gasteiger partial charge >= 0.3 is 29.8 Å². The van der Waals surface area contributed by atoms with E-state index in [1.54, 1.807) is 18.2 Å². The SMILES string of the molecule is O=C(C=Cc1ccccc1)Oc1ccc2c(c1)C1C(=O)OC(=O)C1CC2C1CC(=O)OC1=O. The van der Waals surface area contributed by atoms with Gasteiger partial charge in [0.1, 0.15) is 5.75 Å². The van der Waals surface area contributed by atoms with Crippen molar-refractivity contribution in [3.05, 3.63) is 71.3 Å². The monoisotopic (exact) mass is 446 g/mol. The van der Waals surface area contributed by atoms with Gasteiger partial charge in [-0.3, -0.25) is 19.2 Å². The second-order valence-corrected chi connectivity index (χ2v) is 8.23. The highest BCUT2D eigenvalue weighted by Gasteiger charge is 2.53. The van der Waals surface area contributed by atoms with Crippen LogP contribution in [0.15, 0.2) is 54.6 Å². The molecular formula is C25H18O8. The molecule has 8 heteroatoms. The Hall–Kier alpha value is -4.07. The van der Waals surface area contributed by atoms with Crippen molar-refractivity contribution < 1.29 is 38.2 Å². The molecule has 4 unspecified atom stereocenters. The van der Waals surface area contributed by atoms with Crippen LogP contribution in [0.3, 0.4) is 0 Å². The third kappa shape index (κ3) is 3.84. The van der Waals surface area contributed by atoms with Crippen LogP contribution in [0.5, 0.6) is 5.75 Å². The Morgan fingerprint density at radius 1 is 0.848 bits per heavy atom. The maximum atomic E-state index is 12.4. The minimum atomic E-state index is -0.851. The smallest absolute Gasteiger partial charge is 0.336 e. The van der Waals surface area contributed by atoms with Crippen molar-refractivity contribution in [3.63, 3.8) is 0 Å². The van der Waals surface area contributed by atoms with E-state index < -0.39 is 53.5 Å². The van der Waals surface area contributed by atoms with Crippen molar-refractivity contribution in [1.29, 1.82) is 0 Å². The molecule has 2 fully saturated rings. The second kappa shape index (κ2) is 8.12. The average Bonchev–Trinajstić information content (AvgIpc) is 3.29. The highest BCUT2D eigenvalue weighted by molar-refractivity contribution is 6.01. The van der Waals surface area contributed by atoms with Gasteiger partial charge in [-0.1, -0.05) is 36.4 Å². The van der Waals surface area contributed by atoms with Gasteiger partial charge < -0.3 is 14.2 Å². The maximum absolute atomic E-state index is 12.4. The van der Waals surface area contributed by atoms with E-state index in [0.29, 0.717) is 11.1 Å². The summed E-state index contributed by atoms with van der Waals surface area (Å²) in [6.07, 6.45) is 3.00. The van der Waals surface area contributed by atoms with Crippen LogP contribution in [-0.4, -0.2) is 29.8 Å². The molecule has 166 valence electrons. The Kier molecular flexibility index (Phi) is 5.12. The lowest BCUT2D eigenvalue weighted by atomic mass is 9.67. The van der Waals surface area contributed by atoms with E-state index in [9.17, 15) is 24.0 Å². The predicted octanol–water partition coefficient (Wildman–Crippen LogP) is 2.67. The summed E-state index contributed by atoms with van der Waals surface area (Å²) in [7, 11) is 0. The summed E-state index contributed by atoms with van der Waals surface area (Å²) in [6, 6.07) is 14.0. The molecule has 0 spiro atoms. The minimum absolute atomic E-state index is 0.0929. The Morgan fingerprint density at radius 2 is 1.61 bits per heavy atom. The molecule has 0 radical (unpaired) electrons. The third-order valence-electron chi connectivity index (χ3n) is 6.28. The van der Waals surface area contributed by atoms with Crippen LogP contribution in [-0.2, 0) is 33.4 Å². The number of hydrogen-bond acceptors (Lipinski definition) is 8. The standard InChI is InChI=1S/C25H18O8/c26-20(9-6-13-4-2-1-3-5-13)31-14-7-8-15-16(18-12-21(27)32-23(18)28)11-19-22(17(15)10-14)25(30)33-24(19)29/h1-10,16,18-19,22H,11-12H2. The van der Waals surface area contributed by atoms with Crippen molar-refractivity contribution in [3.8, 4) is 5.75 Å². The first-order chi connectivity index (χ1) is 15.9. The fraction of sp³-hybridized carbons (Fsp3) is 0.240. The van der Waals surface area contributed by atoms with Gasteiger partial charge in [0.15, 0.2) is 0 Å². The lowest BCUT2D eigenvalue weighted by molar-refractivity contribution is -0.155. The van der Waals surface area contributed by atoms with Crippen molar-refractivity contribution in [1.82, 2.24) is 0 Å². The van der Waals surface area contributed by atoms with Crippen LogP contribution in [0.1, 0.15) is 41.4 Å². The first-order valence-electron chi connectivity index (χ1n) is 10.5. The number of carbonyl (C=O) groups is 5. The highest BCUT2D eigenvalue weighted by atomic mass is 16.6. The average molecular weight is 446 g/mol. The van der Waals surface area contributed by atoms with E-state index in [2.05, 4.69) is 0 Å². The number of ether oxygens (including phenoxy) is 3. The fourth-order valence-corrected chi connectivity index (χ4v) is 4.80. The van der Waals surface area contributed by atoms with Gasteiger partial charge in [-0.25, -0.2) is 4.79 Å². The van der Waals surface area contributed by atoms with Gasteiger partial charge in [0.05, 0.1) is 24.2 Å². The van der Waals surface area contributed by atoms with Crippen molar-refractivity contribution in [2.45, 2.75) is 24.7 Å². The number of rotatable bonds is 4. The van der Waals surface area contributed by atoms with Crippen LogP contribution in [0.2, 0.25) is 0 Å². The fourth-order valence-electron chi connectivity index (χ4n) is 4.80. The van der Waals surface area contributed by atoms with Crippen LogP contribution in [0, 0.1) is 11.8 Å². The number of benzene rings is 2. The quantitative estimate of drug-likeness (QED) is 0.305. The zero-order valence-corrected chi connectivity index (χ0v) is 17.3. The summed E-state index contributed by atoms with van der Waals surface area (Å²) < 4.78 is 15.0. The van der Waals surface area contributed by atoms with Gasteiger partial charge in [-0.15, -0.1) is 0 Å². The Balaban J connectivity index is 1.45. The van der Waals surface area contributed by atoms with Crippen LogP contribution < -0.4 is 4.74 Å². The zero-order chi connectivity index (χ0) is 23.1. The molecule has 5 rings (SSSR count). The predicted molar refractivity (Wildman–Crippen MR) is 111 cm³/mol. The van der Waals surface area contributed by atoms with Crippen LogP contribution in [0.4, 0.5) is 0 Å². The van der Waals surface area contributed by atoms with Crippen molar-refractivity contribution >= 4 is 35.9 Å². The molecule has 2 aromatic rings. The summed E-state index contributed by atoms with van der Waals surface area (Å²) in [6.45, 7) is 0. The Labute approximate surface area is 188 Å². The van der Waals surface area contributed by atoms with E-state index in [1.807, 2.05) is 30.3 Å². The molecule has 2 saturated heterocycles. The summed E-state index contributed by atoms with van der Waals surface area (Å²) in [5.41, 5.74) is 1.92. The molecule has 2 aliphatic heterocycles. The lowest BCUT2D eigenvalue weighted by Crippen LogP contribution is -2.31. The molecule has 4 atom stereocenters. The number of cyclic esters (lactones) is 4. The maximum Gasteiger partial charge on any atom is 0.336 e. The van der Waals surface area contributed by atoms with Crippen LogP contribution in [0.25, 0.3) is 6.08 Å². The summed E-state index contributed by atoms with van der Waals surface area (Å²) in [5.74, 6) is -5.90. The van der Waals surface area contributed by atoms with Gasteiger partial charge in [0.25, 0.3) is 0 Å². The summed E-state index contributed by atoms with van der Waals surface area (Å²) in [4.78, 5) is 60.9. The normalized spacial score (nSPS) is 26.1. The minimum Gasteiger partial charge on any atom is -0.423 e. The third-order valence-corrected chi connectivity index (χ3v) is 6.28. The molecule has 0 amide bonds. The van der Waals surface area contributed by atoms with E-state index in [-0.39, 0.29) is 18.6 Å². The first kappa shape index (κ1) is 20.8. The van der Waals surface area contributed by atoms with Crippen molar-refractivity contribution in [2.24, 2.45) is 11.8 Å². The molecule has 0 saturated carbocycles. The zero-order valence-electron chi connectivity index (χ0n) is 17.3. The molecule has 0 aromatic heterocycles. The second-order valence-electron chi connectivity index (χ2n) is 8.23. The molecule has 3 aliphatic rings. The summed E-state index contributed by atoms with van der Waals surface area (Å²) >= 11 is 0. The number of hydrogen-bond donors (Lipinski definition) is 0. The van der Waals surface area contributed by atoms with Crippen LogP contribution >= 0.6 is 0 Å². The highest BCUT2D eigenvalue weighted by Crippen LogP contribution is 2.51. The van der Waals surface area contributed by atoms with Gasteiger partial charge in [0, 0.05) is 6.08 Å². The van der Waals surface area contributed by atoms with Gasteiger partial charge in [-0.2, -0.15) is 0 Å². The van der Waals surface area contributed by atoms with Gasteiger partial charge in [0.2, 0.25) is 0 Å². The largest absolute Gasteiger partial charge is 0.423 e. The lowest BCUT2D eigenvalue weighted by Gasteiger charge is -2.32. The van der Waals surface area contributed by atoms with Gasteiger partial charge in [-0.05, 0) is 47.2 Å². The molecule has 8 nitrogen and oxygen atoms in total. The van der Waals surface area contributed by atoms with E-state index >= 15 is 0 Å². The molecule has 0 bridgehead atoms. The topological polar surface area (TPSA) is 113 Å². The molecule has 1 aliphatic carbocycles. The molecular weight excluding hydrogens is 428 g/mol. The summed E-state index contributed by atoms with van der Waals surface area (Å²) in [5, 5.41) is 0. The molecule has 2 heterocycles. The molecule has 0 N–H and O–H groups in total. The number of fused-ring (bicyclic) bond motifs is 3.